The molecule has 2 aromatic carbocycles. The number of amidine groups is 1. The van der Waals surface area contributed by atoms with Gasteiger partial charge in [-0.15, -0.1) is 0 Å². The zero-order chi connectivity index (χ0) is 24.3. The zero-order valence-corrected chi connectivity index (χ0v) is 21.3. The van der Waals surface area contributed by atoms with Gasteiger partial charge in [-0.2, -0.15) is 0 Å². The quantitative estimate of drug-likeness (QED) is 0.190. The second-order valence-electron chi connectivity index (χ2n) is 9.44. The lowest BCUT2D eigenvalue weighted by Crippen LogP contribution is -2.33. The van der Waals surface area contributed by atoms with Crippen LogP contribution in [0.25, 0.3) is 10.8 Å². The Hall–Kier alpha value is -2.70. The van der Waals surface area contributed by atoms with E-state index in [2.05, 4.69) is 65.0 Å². The standard InChI is InChI=1S/C28H42N6/c1-4-14-33(15-5-2)16-7-6-8-23-9-11-26-19-24(10-12-25(26)18-23)20-34(21-27(29)30)22-28-31-13-17-32(28)3/h9-13,17-19H,4-8,14-16,20-22H2,1-3H3,(H3,29,30). The number of unbranched alkanes of at least 4 members (excludes halogenated alkanes) is 1. The first-order chi connectivity index (χ1) is 16.5. The summed E-state index contributed by atoms with van der Waals surface area (Å²) in [5, 5.41) is 10.3. The summed E-state index contributed by atoms with van der Waals surface area (Å²) in [6, 6.07) is 13.6. The third-order valence-electron chi connectivity index (χ3n) is 6.32. The van der Waals surface area contributed by atoms with Crippen LogP contribution in [-0.2, 0) is 26.6 Å². The predicted octanol–water partition coefficient (Wildman–Crippen LogP) is 4.96. The van der Waals surface area contributed by atoms with Crippen molar-refractivity contribution in [2.24, 2.45) is 12.8 Å². The lowest BCUT2D eigenvalue weighted by Gasteiger charge is -2.21. The summed E-state index contributed by atoms with van der Waals surface area (Å²) < 4.78 is 2.01. The van der Waals surface area contributed by atoms with Crippen LogP contribution < -0.4 is 5.73 Å². The van der Waals surface area contributed by atoms with Crippen LogP contribution in [-0.4, -0.2) is 51.4 Å². The van der Waals surface area contributed by atoms with Gasteiger partial charge in [0.2, 0.25) is 0 Å². The van der Waals surface area contributed by atoms with Crippen molar-refractivity contribution < 1.29 is 0 Å². The van der Waals surface area contributed by atoms with Gasteiger partial charge in [0.05, 0.1) is 13.1 Å². The van der Waals surface area contributed by atoms with E-state index in [4.69, 9.17) is 11.1 Å². The first kappa shape index (κ1) is 25.9. The average molecular weight is 463 g/mol. The van der Waals surface area contributed by atoms with E-state index in [0.717, 1.165) is 18.8 Å². The molecule has 0 fully saturated rings. The molecule has 34 heavy (non-hydrogen) atoms. The topological polar surface area (TPSA) is 74.2 Å². The third-order valence-corrected chi connectivity index (χ3v) is 6.32. The maximum atomic E-state index is 7.77. The van der Waals surface area contributed by atoms with Crippen molar-refractivity contribution in [1.29, 1.82) is 5.41 Å². The highest BCUT2D eigenvalue weighted by Crippen LogP contribution is 2.21. The predicted molar refractivity (Wildman–Crippen MR) is 143 cm³/mol. The molecular weight excluding hydrogens is 420 g/mol. The molecule has 3 rings (SSSR count). The second-order valence-corrected chi connectivity index (χ2v) is 9.44. The number of rotatable bonds is 15. The van der Waals surface area contributed by atoms with Gasteiger partial charge >= 0.3 is 0 Å². The molecule has 6 heteroatoms. The number of nitrogens with two attached hydrogens (primary N) is 1. The number of imidazole rings is 1. The van der Waals surface area contributed by atoms with Gasteiger partial charge in [-0.1, -0.05) is 44.2 Å². The maximum absolute atomic E-state index is 7.77. The van der Waals surface area contributed by atoms with Crippen molar-refractivity contribution in [3.05, 3.63) is 65.7 Å². The molecule has 0 saturated heterocycles. The lowest BCUT2D eigenvalue weighted by molar-refractivity contribution is 0.269. The summed E-state index contributed by atoms with van der Waals surface area (Å²) in [6.45, 7) is 10.0. The van der Waals surface area contributed by atoms with E-state index in [-0.39, 0.29) is 5.84 Å². The van der Waals surface area contributed by atoms with Crippen molar-refractivity contribution in [3.63, 3.8) is 0 Å². The number of nitrogens with zero attached hydrogens (tertiary/aromatic N) is 4. The van der Waals surface area contributed by atoms with E-state index >= 15 is 0 Å². The lowest BCUT2D eigenvalue weighted by atomic mass is 10.0. The maximum Gasteiger partial charge on any atom is 0.122 e. The van der Waals surface area contributed by atoms with E-state index in [1.165, 1.54) is 67.2 Å². The van der Waals surface area contributed by atoms with E-state index in [1.54, 1.807) is 6.20 Å². The SMILES string of the molecule is CCCN(CCC)CCCCc1ccc2cc(CN(CC(=N)N)Cc3nccn3C)ccc2c1. The van der Waals surface area contributed by atoms with Gasteiger partial charge in [-0.05, 0) is 79.7 Å². The van der Waals surface area contributed by atoms with Crippen LogP contribution in [0, 0.1) is 5.41 Å². The number of benzene rings is 2. The minimum Gasteiger partial charge on any atom is -0.387 e. The Morgan fingerprint density at radius 1 is 0.912 bits per heavy atom. The van der Waals surface area contributed by atoms with Crippen LogP contribution in [0.15, 0.2) is 48.8 Å². The molecule has 0 radical (unpaired) electrons. The Labute approximate surface area is 205 Å². The van der Waals surface area contributed by atoms with Crippen LogP contribution in [0.4, 0.5) is 0 Å². The van der Waals surface area contributed by atoms with Crippen LogP contribution in [0.2, 0.25) is 0 Å². The molecule has 0 unspecified atom stereocenters. The van der Waals surface area contributed by atoms with Gasteiger partial charge in [0.15, 0.2) is 0 Å². The van der Waals surface area contributed by atoms with Crippen LogP contribution in [0.1, 0.15) is 56.5 Å². The van der Waals surface area contributed by atoms with Gasteiger partial charge in [0.1, 0.15) is 11.7 Å². The summed E-state index contributed by atoms with van der Waals surface area (Å²) in [6.07, 6.45) is 9.87. The Bertz CT molecular complexity index is 1030. The molecule has 0 amide bonds. The molecule has 0 saturated carbocycles. The molecule has 1 aromatic heterocycles. The molecule has 184 valence electrons. The highest BCUT2D eigenvalue weighted by Gasteiger charge is 2.12. The molecule has 0 aliphatic heterocycles. The third kappa shape index (κ3) is 7.96. The molecular formula is C28H42N6. The summed E-state index contributed by atoms with van der Waals surface area (Å²) in [5.74, 6) is 1.14. The van der Waals surface area contributed by atoms with Crippen molar-refractivity contribution in [2.75, 3.05) is 26.2 Å². The van der Waals surface area contributed by atoms with E-state index in [1.807, 2.05) is 17.8 Å². The first-order valence-electron chi connectivity index (χ1n) is 12.7. The number of hydrogen-bond acceptors (Lipinski definition) is 4. The molecule has 0 aliphatic rings. The molecule has 3 aromatic rings. The fourth-order valence-electron chi connectivity index (χ4n) is 4.65. The monoisotopic (exact) mass is 462 g/mol. The average Bonchev–Trinajstić information content (AvgIpc) is 3.20. The Balaban J connectivity index is 1.59. The Morgan fingerprint density at radius 2 is 1.59 bits per heavy atom. The smallest absolute Gasteiger partial charge is 0.122 e. The summed E-state index contributed by atoms with van der Waals surface area (Å²) in [7, 11) is 1.99. The summed E-state index contributed by atoms with van der Waals surface area (Å²) in [5.41, 5.74) is 8.38. The van der Waals surface area contributed by atoms with Gasteiger partial charge in [0, 0.05) is 26.0 Å². The molecule has 1 heterocycles. The zero-order valence-electron chi connectivity index (χ0n) is 21.3. The minimum atomic E-state index is 0.173. The van der Waals surface area contributed by atoms with Crippen molar-refractivity contribution in [3.8, 4) is 0 Å². The van der Waals surface area contributed by atoms with E-state index < -0.39 is 0 Å². The van der Waals surface area contributed by atoms with Crippen LogP contribution in [0.5, 0.6) is 0 Å². The fourth-order valence-corrected chi connectivity index (χ4v) is 4.65. The van der Waals surface area contributed by atoms with Gasteiger partial charge < -0.3 is 15.2 Å². The number of fused-ring (bicyclic) bond motifs is 1. The Kier molecular flexibility index (Phi) is 10.1. The van der Waals surface area contributed by atoms with E-state index in [0.29, 0.717) is 13.1 Å². The number of aryl methyl sites for hydroxylation is 2. The van der Waals surface area contributed by atoms with Gasteiger partial charge in [0.25, 0.3) is 0 Å². The summed E-state index contributed by atoms with van der Waals surface area (Å²) >= 11 is 0. The van der Waals surface area contributed by atoms with Gasteiger partial charge in [-0.25, -0.2) is 4.98 Å². The largest absolute Gasteiger partial charge is 0.387 e. The molecule has 0 atom stereocenters. The second kappa shape index (κ2) is 13.3. The van der Waals surface area contributed by atoms with Crippen molar-refractivity contribution in [1.82, 2.24) is 19.4 Å². The van der Waals surface area contributed by atoms with Crippen molar-refractivity contribution >= 4 is 16.6 Å². The number of nitrogens with one attached hydrogen (secondary N) is 1. The molecule has 0 bridgehead atoms. The highest BCUT2D eigenvalue weighted by atomic mass is 15.2. The Morgan fingerprint density at radius 3 is 2.21 bits per heavy atom. The van der Waals surface area contributed by atoms with Crippen LogP contribution >= 0.6 is 0 Å². The van der Waals surface area contributed by atoms with E-state index in [9.17, 15) is 0 Å². The van der Waals surface area contributed by atoms with Gasteiger partial charge in [-0.3, -0.25) is 10.3 Å². The molecule has 0 aliphatic carbocycles. The first-order valence-corrected chi connectivity index (χ1v) is 12.7. The fraction of sp³-hybridized carbons (Fsp3) is 0.500. The van der Waals surface area contributed by atoms with Crippen molar-refractivity contribution in [2.45, 2.75) is 59.0 Å². The summed E-state index contributed by atoms with van der Waals surface area (Å²) in [4.78, 5) is 9.20. The number of aromatic nitrogens is 2. The molecule has 6 nitrogen and oxygen atoms in total. The molecule has 3 N–H and O–H groups in total. The normalized spacial score (nSPS) is 11.7. The highest BCUT2D eigenvalue weighted by molar-refractivity contribution is 5.84. The minimum absolute atomic E-state index is 0.173. The number of hydrogen-bond donors (Lipinski definition) is 2. The molecule has 0 spiro atoms. The van der Waals surface area contributed by atoms with Crippen LogP contribution in [0.3, 0.4) is 0 Å².